The van der Waals surface area contributed by atoms with Crippen LogP contribution < -0.4 is 0 Å². The van der Waals surface area contributed by atoms with Gasteiger partial charge in [0.2, 0.25) is 11.8 Å². The van der Waals surface area contributed by atoms with Gasteiger partial charge in [-0.3, -0.25) is 14.4 Å². The molecule has 2 bridgehead atoms. The Hall–Kier alpha value is -1.06. The molecule has 30 heavy (non-hydrogen) atoms. The maximum absolute atomic E-state index is 14.0. The molecule has 0 aromatic heterocycles. The number of carboxylic acids is 1. The Morgan fingerprint density at radius 2 is 2.13 bits per heavy atom. The number of rotatable bonds is 9. The molecule has 8 atom stereocenters. The van der Waals surface area contributed by atoms with Crippen molar-refractivity contribution in [1.29, 1.82) is 0 Å². The predicted molar refractivity (Wildman–Crippen MR) is 120 cm³/mol. The number of carbonyl (C=O) groups is 3. The zero-order valence-corrected chi connectivity index (χ0v) is 20.1. The van der Waals surface area contributed by atoms with Crippen molar-refractivity contribution >= 4 is 45.5 Å². The molecule has 0 aromatic carbocycles. The highest BCUT2D eigenvalue weighted by atomic mass is 79.9. The summed E-state index contributed by atoms with van der Waals surface area (Å²) < 4.78 is -0.801. The lowest BCUT2D eigenvalue weighted by molar-refractivity contribution is -0.149. The van der Waals surface area contributed by atoms with Crippen molar-refractivity contribution in [1.82, 2.24) is 9.80 Å². The predicted octanol–water partition coefficient (Wildman–Crippen LogP) is 2.12. The summed E-state index contributed by atoms with van der Waals surface area (Å²) in [5.41, 5.74) is 0. The van der Waals surface area contributed by atoms with Gasteiger partial charge >= 0.3 is 5.97 Å². The van der Waals surface area contributed by atoms with Crippen LogP contribution in [0.1, 0.15) is 40.0 Å². The van der Waals surface area contributed by atoms with Crippen LogP contribution >= 0.6 is 27.7 Å². The van der Waals surface area contributed by atoms with E-state index in [9.17, 15) is 24.6 Å². The van der Waals surface area contributed by atoms with Crippen LogP contribution in [0.2, 0.25) is 0 Å². The number of hydrogen-bond donors (Lipinski definition) is 2. The lowest BCUT2D eigenvalue weighted by Gasteiger charge is -2.40. The van der Waals surface area contributed by atoms with E-state index in [2.05, 4.69) is 29.4 Å². The summed E-state index contributed by atoms with van der Waals surface area (Å²) in [7, 11) is 0. The smallest absolute Gasteiger partial charge is 0.308 e. The average molecular weight is 503 g/mol. The molecule has 3 saturated heterocycles. The maximum atomic E-state index is 14.0. The number of carbonyl (C=O) groups excluding carboxylic acids is 2. The number of aliphatic hydroxyl groups excluding tert-OH is 1. The van der Waals surface area contributed by atoms with Gasteiger partial charge in [0.15, 0.2) is 0 Å². The highest BCUT2D eigenvalue weighted by Crippen LogP contribution is 2.68. The topological polar surface area (TPSA) is 98.2 Å². The second kappa shape index (κ2) is 8.82. The quantitative estimate of drug-likeness (QED) is 0.370. The number of fused-ring (bicyclic) bond motifs is 1. The molecular formula is C21H31BrN2O5S. The Kier molecular flexibility index (Phi) is 6.94. The van der Waals surface area contributed by atoms with Crippen LogP contribution in [0, 0.1) is 11.8 Å². The molecule has 0 aromatic rings. The molecule has 3 rings (SSSR count). The first kappa shape index (κ1) is 23.6. The number of alkyl halides is 1. The molecule has 168 valence electrons. The third kappa shape index (κ3) is 3.41. The first-order valence-electron chi connectivity index (χ1n) is 10.5. The summed E-state index contributed by atoms with van der Waals surface area (Å²) >= 11 is 5.10. The Bertz CT molecular complexity index is 736. The normalized spacial score (nSPS) is 36.5. The highest BCUT2D eigenvalue weighted by Gasteiger charge is 2.76. The summed E-state index contributed by atoms with van der Waals surface area (Å²) in [5, 5.41) is 19.5. The molecule has 3 heterocycles. The number of halogens is 1. The minimum absolute atomic E-state index is 0.0315. The molecule has 3 fully saturated rings. The van der Waals surface area contributed by atoms with Crippen molar-refractivity contribution in [2.45, 2.75) is 73.0 Å². The third-order valence-electron chi connectivity index (χ3n) is 6.83. The summed E-state index contributed by atoms with van der Waals surface area (Å²) in [6.07, 6.45) is 3.97. The molecule has 4 unspecified atom stereocenters. The highest BCUT2D eigenvalue weighted by molar-refractivity contribution is 9.09. The van der Waals surface area contributed by atoms with Crippen LogP contribution in [0.15, 0.2) is 12.7 Å². The van der Waals surface area contributed by atoms with Gasteiger partial charge in [-0.15, -0.1) is 18.3 Å². The van der Waals surface area contributed by atoms with Gasteiger partial charge in [-0.05, 0) is 26.7 Å². The summed E-state index contributed by atoms with van der Waals surface area (Å²) in [5.74, 6) is -3.09. The van der Waals surface area contributed by atoms with Crippen LogP contribution in [-0.4, -0.2) is 83.9 Å². The molecule has 9 heteroatoms. The lowest BCUT2D eigenvalue weighted by atomic mass is 9.71. The molecule has 7 nitrogen and oxygen atoms in total. The van der Waals surface area contributed by atoms with Crippen molar-refractivity contribution in [2.75, 3.05) is 13.2 Å². The van der Waals surface area contributed by atoms with E-state index < -0.39 is 34.6 Å². The van der Waals surface area contributed by atoms with Gasteiger partial charge in [0.25, 0.3) is 0 Å². The van der Waals surface area contributed by atoms with E-state index in [0.29, 0.717) is 13.0 Å². The Balaban J connectivity index is 2.09. The number of amides is 2. The Labute approximate surface area is 190 Å². The number of aliphatic carboxylic acids is 1. The zero-order chi connectivity index (χ0) is 22.4. The Morgan fingerprint density at radius 3 is 2.67 bits per heavy atom. The minimum atomic E-state index is -0.996. The summed E-state index contributed by atoms with van der Waals surface area (Å²) in [4.78, 5) is 42.8. The van der Waals surface area contributed by atoms with Crippen LogP contribution in [0.3, 0.4) is 0 Å². The second-order valence-electron chi connectivity index (χ2n) is 8.70. The van der Waals surface area contributed by atoms with Gasteiger partial charge < -0.3 is 20.0 Å². The van der Waals surface area contributed by atoms with E-state index in [1.54, 1.807) is 17.9 Å². The van der Waals surface area contributed by atoms with Gasteiger partial charge in [0.1, 0.15) is 6.04 Å². The number of thioether (sulfide) groups is 1. The number of hydrogen-bond acceptors (Lipinski definition) is 5. The van der Waals surface area contributed by atoms with E-state index in [1.807, 2.05) is 6.92 Å². The van der Waals surface area contributed by atoms with Crippen LogP contribution in [0.25, 0.3) is 0 Å². The van der Waals surface area contributed by atoms with Crippen LogP contribution in [0.5, 0.6) is 0 Å². The molecule has 1 spiro atoms. The largest absolute Gasteiger partial charge is 0.481 e. The molecular weight excluding hydrogens is 472 g/mol. The monoisotopic (exact) mass is 502 g/mol. The fourth-order valence-electron chi connectivity index (χ4n) is 5.55. The second-order valence-corrected chi connectivity index (χ2v) is 11.4. The maximum Gasteiger partial charge on any atom is 0.308 e. The number of aliphatic hydroxyl groups is 1. The summed E-state index contributed by atoms with van der Waals surface area (Å²) in [6.45, 7) is 9.63. The number of carboxylic acid groups (broad SMARTS) is 1. The molecule has 0 radical (unpaired) electrons. The van der Waals surface area contributed by atoms with Gasteiger partial charge in [-0.2, -0.15) is 0 Å². The third-order valence-corrected chi connectivity index (χ3v) is 10.1. The van der Waals surface area contributed by atoms with Gasteiger partial charge in [-0.25, -0.2) is 0 Å². The lowest BCUT2D eigenvalue weighted by Crippen LogP contribution is -2.58. The van der Waals surface area contributed by atoms with E-state index in [4.69, 9.17) is 0 Å². The molecule has 2 N–H and O–H groups in total. The first-order valence-corrected chi connectivity index (χ1v) is 12.3. The van der Waals surface area contributed by atoms with Crippen LogP contribution in [0.4, 0.5) is 0 Å². The molecule has 0 aliphatic carbocycles. The number of likely N-dealkylation sites (tertiary alicyclic amines) is 1. The Morgan fingerprint density at radius 1 is 1.47 bits per heavy atom. The van der Waals surface area contributed by atoms with E-state index in [1.165, 1.54) is 16.7 Å². The van der Waals surface area contributed by atoms with Gasteiger partial charge in [0, 0.05) is 22.7 Å². The molecule has 3 aliphatic heterocycles. The average Bonchev–Trinajstić information content (AvgIpc) is 3.28. The van der Waals surface area contributed by atoms with E-state index in [-0.39, 0.29) is 34.5 Å². The fraction of sp³-hybridized carbons (Fsp3) is 0.762. The van der Waals surface area contributed by atoms with Crippen LogP contribution in [-0.2, 0) is 14.4 Å². The minimum Gasteiger partial charge on any atom is -0.481 e. The summed E-state index contributed by atoms with van der Waals surface area (Å²) in [6, 6.07) is -1.40. The molecule has 3 aliphatic rings. The van der Waals surface area contributed by atoms with Crippen molar-refractivity contribution < 1.29 is 24.6 Å². The van der Waals surface area contributed by atoms with Crippen molar-refractivity contribution in [2.24, 2.45) is 11.8 Å². The van der Waals surface area contributed by atoms with E-state index in [0.717, 1.165) is 12.8 Å². The van der Waals surface area contributed by atoms with Crippen molar-refractivity contribution in [3.63, 3.8) is 0 Å². The van der Waals surface area contributed by atoms with E-state index >= 15 is 0 Å². The fourth-order valence-corrected chi connectivity index (χ4v) is 9.13. The van der Waals surface area contributed by atoms with Gasteiger partial charge in [0.05, 0.1) is 29.2 Å². The molecule has 0 saturated carbocycles. The first-order chi connectivity index (χ1) is 14.2. The number of nitrogens with zero attached hydrogens (tertiary/aromatic N) is 2. The van der Waals surface area contributed by atoms with Crippen molar-refractivity contribution in [3.05, 3.63) is 12.7 Å². The standard InChI is InChI=1S/C21H31BrN2O5S/c1-5-7-11(3)23(8-6-2)19(27)17-21-9-13(22)16(30-21)14(20(28)29)15(21)18(26)24(17)12(4)10-25/h6,11-17,25H,2,5,7-10H2,1,3-4H3,(H,28,29)/t11?,12-,13?,14-,15+,16-,17?,21?/m1/s1. The van der Waals surface area contributed by atoms with Crippen molar-refractivity contribution in [3.8, 4) is 0 Å². The molecule has 2 amide bonds. The van der Waals surface area contributed by atoms with Gasteiger partial charge in [-0.1, -0.05) is 35.4 Å². The zero-order valence-electron chi connectivity index (χ0n) is 17.7. The SMILES string of the molecule is C=CCN(C(=O)C1N([C@H](C)CO)C(=O)[C@@H]2[C@@H](C(=O)O)[C@@H]3SC12CC3Br)C(C)CCC.